The molecule has 0 bridgehead atoms. The fourth-order valence-corrected chi connectivity index (χ4v) is 2.62. The highest BCUT2D eigenvalue weighted by Gasteiger charge is 2.14. The van der Waals surface area contributed by atoms with Crippen molar-refractivity contribution in [2.24, 2.45) is 11.8 Å². The van der Waals surface area contributed by atoms with Crippen LogP contribution in [-0.2, 0) is 19.4 Å². The molecule has 114 valence electrons. The summed E-state index contributed by atoms with van der Waals surface area (Å²) in [6.45, 7) is 5.35. The molecule has 2 rings (SSSR count). The molecule has 2 aromatic rings. The standard InChI is InChI=1S/C16H22BrN3O/c1-12(2)9-20-16(18-11-19-20)8-14(10-21)7-13-3-5-15(17)6-4-13/h3-6,11-12,14,21H,7-10H2,1-2H3. The fourth-order valence-electron chi connectivity index (χ4n) is 2.36. The molecule has 0 saturated carbocycles. The van der Waals surface area contributed by atoms with E-state index >= 15 is 0 Å². The number of rotatable bonds is 7. The number of hydrogen-bond donors (Lipinski definition) is 1. The van der Waals surface area contributed by atoms with Crippen LogP contribution in [0.1, 0.15) is 25.2 Å². The van der Waals surface area contributed by atoms with Crippen molar-refractivity contribution >= 4 is 15.9 Å². The summed E-state index contributed by atoms with van der Waals surface area (Å²) in [7, 11) is 0. The largest absolute Gasteiger partial charge is 0.396 e. The third kappa shape index (κ3) is 4.93. The van der Waals surface area contributed by atoms with Crippen LogP contribution >= 0.6 is 15.9 Å². The van der Waals surface area contributed by atoms with E-state index < -0.39 is 0 Å². The number of aliphatic hydroxyl groups excluding tert-OH is 1. The first-order valence-electron chi connectivity index (χ1n) is 7.30. The molecule has 0 amide bonds. The van der Waals surface area contributed by atoms with E-state index in [0.717, 1.165) is 29.7 Å². The lowest BCUT2D eigenvalue weighted by Gasteiger charge is -2.15. The van der Waals surface area contributed by atoms with Crippen LogP contribution in [0.15, 0.2) is 35.1 Å². The van der Waals surface area contributed by atoms with Crippen molar-refractivity contribution in [3.8, 4) is 0 Å². The summed E-state index contributed by atoms with van der Waals surface area (Å²) >= 11 is 3.44. The van der Waals surface area contributed by atoms with Gasteiger partial charge in [-0.15, -0.1) is 0 Å². The number of aromatic nitrogens is 3. The zero-order valence-electron chi connectivity index (χ0n) is 12.5. The van der Waals surface area contributed by atoms with Gasteiger partial charge < -0.3 is 5.11 Å². The van der Waals surface area contributed by atoms with E-state index in [9.17, 15) is 5.11 Å². The molecular formula is C16H22BrN3O. The first-order valence-corrected chi connectivity index (χ1v) is 8.09. The lowest BCUT2D eigenvalue weighted by Crippen LogP contribution is -2.18. The van der Waals surface area contributed by atoms with Crippen molar-refractivity contribution in [2.75, 3.05) is 6.61 Å². The number of halogens is 1. The predicted octanol–water partition coefficient (Wildman–Crippen LogP) is 3.09. The highest BCUT2D eigenvalue weighted by atomic mass is 79.9. The molecule has 1 aromatic carbocycles. The van der Waals surface area contributed by atoms with Gasteiger partial charge in [-0.25, -0.2) is 9.67 Å². The summed E-state index contributed by atoms with van der Waals surface area (Å²) in [6, 6.07) is 8.24. The fraction of sp³-hybridized carbons (Fsp3) is 0.500. The third-order valence-corrected chi connectivity index (χ3v) is 3.93. The number of nitrogens with zero attached hydrogens (tertiary/aromatic N) is 3. The summed E-state index contributed by atoms with van der Waals surface area (Å²) in [4.78, 5) is 4.35. The van der Waals surface area contributed by atoms with Gasteiger partial charge in [0.25, 0.3) is 0 Å². The Labute approximate surface area is 134 Å². The van der Waals surface area contributed by atoms with E-state index in [1.54, 1.807) is 6.33 Å². The molecule has 4 nitrogen and oxygen atoms in total. The van der Waals surface area contributed by atoms with Crippen LogP contribution in [-0.4, -0.2) is 26.5 Å². The Kier molecular flexibility index (Phi) is 5.94. The SMILES string of the molecule is CC(C)Cn1ncnc1CC(CO)Cc1ccc(Br)cc1. The molecule has 1 unspecified atom stereocenters. The average Bonchev–Trinajstić information content (AvgIpc) is 2.87. The van der Waals surface area contributed by atoms with Crippen LogP contribution in [0, 0.1) is 11.8 Å². The molecule has 0 saturated heterocycles. The van der Waals surface area contributed by atoms with Crippen molar-refractivity contribution < 1.29 is 5.11 Å². The van der Waals surface area contributed by atoms with Crippen molar-refractivity contribution in [3.05, 3.63) is 46.5 Å². The second kappa shape index (κ2) is 7.71. The van der Waals surface area contributed by atoms with E-state index in [4.69, 9.17) is 0 Å². The van der Waals surface area contributed by atoms with Gasteiger partial charge in [0.2, 0.25) is 0 Å². The van der Waals surface area contributed by atoms with E-state index in [0.29, 0.717) is 5.92 Å². The summed E-state index contributed by atoms with van der Waals surface area (Å²) in [5, 5.41) is 13.9. The van der Waals surface area contributed by atoms with E-state index in [1.807, 2.05) is 16.8 Å². The highest BCUT2D eigenvalue weighted by molar-refractivity contribution is 9.10. The highest BCUT2D eigenvalue weighted by Crippen LogP contribution is 2.16. The van der Waals surface area contributed by atoms with Crippen LogP contribution in [0.4, 0.5) is 0 Å². The van der Waals surface area contributed by atoms with E-state index in [-0.39, 0.29) is 12.5 Å². The summed E-state index contributed by atoms with van der Waals surface area (Å²) in [6.07, 6.45) is 3.20. The second-order valence-corrected chi connectivity index (χ2v) is 6.75. The topological polar surface area (TPSA) is 50.9 Å². The predicted molar refractivity (Wildman–Crippen MR) is 87.0 cm³/mol. The molecule has 21 heavy (non-hydrogen) atoms. The molecule has 0 radical (unpaired) electrons. The van der Waals surface area contributed by atoms with Crippen LogP contribution in [0.3, 0.4) is 0 Å². The molecule has 1 N–H and O–H groups in total. The van der Waals surface area contributed by atoms with Crippen molar-refractivity contribution in [1.82, 2.24) is 14.8 Å². The maximum absolute atomic E-state index is 9.65. The monoisotopic (exact) mass is 351 g/mol. The maximum atomic E-state index is 9.65. The molecule has 5 heteroatoms. The Morgan fingerprint density at radius 3 is 2.52 bits per heavy atom. The van der Waals surface area contributed by atoms with Gasteiger partial charge in [-0.05, 0) is 36.0 Å². The molecule has 0 aliphatic heterocycles. The zero-order valence-corrected chi connectivity index (χ0v) is 14.1. The minimum atomic E-state index is 0.157. The third-order valence-electron chi connectivity index (χ3n) is 3.40. The Morgan fingerprint density at radius 2 is 1.90 bits per heavy atom. The average molecular weight is 352 g/mol. The van der Waals surface area contributed by atoms with E-state index in [1.165, 1.54) is 5.56 Å². The minimum Gasteiger partial charge on any atom is -0.396 e. The number of benzene rings is 1. The molecule has 0 fully saturated rings. The first kappa shape index (κ1) is 16.2. The van der Waals surface area contributed by atoms with Gasteiger partial charge in [0, 0.05) is 24.0 Å². The van der Waals surface area contributed by atoms with Crippen molar-refractivity contribution in [1.29, 1.82) is 0 Å². The van der Waals surface area contributed by atoms with Gasteiger partial charge >= 0.3 is 0 Å². The summed E-state index contributed by atoms with van der Waals surface area (Å²) in [5.74, 6) is 1.66. The Hall–Kier alpha value is -1.20. The molecule has 1 heterocycles. The van der Waals surface area contributed by atoms with Gasteiger partial charge in [0.15, 0.2) is 0 Å². The van der Waals surface area contributed by atoms with Gasteiger partial charge in [0.05, 0.1) is 0 Å². The van der Waals surface area contributed by atoms with Crippen molar-refractivity contribution in [2.45, 2.75) is 33.2 Å². The lowest BCUT2D eigenvalue weighted by molar-refractivity contribution is 0.221. The maximum Gasteiger partial charge on any atom is 0.138 e. The van der Waals surface area contributed by atoms with Gasteiger partial charge in [-0.3, -0.25) is 0 Å². The van der Waals surface area contributed by atoms with Crippen molar-refractivity contribution in [3.63, 3.8) is 0 Å². The van der Waals surface area contributed by atoms with Gasteiger partial charge in [-0.2, -0.15) is 5.10 Å². The Morgan fingerprint density at radius 1 is 1.19 bits per heavy atom. The molecule has 1 aromatic heterocycles. The first-order chi connectivity index (χ1) is 10.1. The van der Waals surface area contributed by atoms with Gasteiger partial charge in [0.1, 0.15) is 12.2 Å². The Bertz CT molecular complexity index is 551. The molecule has 0 spiro atoms. The molecule has 1 atom stereocenters. The summed E-state index contributed by atoms with van der Waals surface area (Å²) < 4.78 is 3.03. The number of hydrogen-bond acceptors (Lipinski definition) is 3. The minimum absolute atomic E-state index is 0.157. The summed E-state index contributed by atoms with van der Waals surface area (Å²) in [5.41, 5.74) is 1.23. The lowest BCUT2D eigenvalue weighted by atomic mass is 9.96. The van der Waals surface area contributed by atoms with Crippen LogP contribution in [0.5, 0.6) is 0 Å². The normalized spacial score (nSPS) is 12.8. The quantitative estimate of drug-likeness (QED) is 0.833. The van der Waals surface area contributed by atoms with Crippen LogP contribution < -0.4 is 0 Å². The second-order valence-electron chi connectivity index (χ2n) is 5.84. The number of aliphatic hydroxyl groups is 1. The molecule has 0 aliphatic carbocycles. The zero-order chi connectivity index (χ0) is 15.2. The molecule has 0 aliphatic rings. The van der Waals surface area contributed by atoms with Gasteiger partial charge in [-0.1, -0.05) is 41.9 Å². The van der Waals surface area contributed by atoms with Crippen LogP contribution in [0.25, 0.3) is 0 Å². The van der Waals surface area contributed by atoms with E-state index in [2.05, 4.69) is 52.0 Å². The molecular weight excluding hydrogens is 330 g/mol. The van der Waals surface area contributed by atoms with Crippen LogP contribution in [0.2, 0.25) is 0 Å². The Balaban J connectivity index is 2.02. The smallest absolute Gasteiger partial charge is 0.138 e.